The molecule has 9 aromatic carbocycles. The number of halogens is 6. The molecule has 0 radical (unpaired) electrons. The van der Waals surface area contributed by atoms with E-state index in [1.165, 1.54) is 31.8 Å². The van der Waals surface area contributed by atoms with E-state index in [1.807, 2.05) is 84.9 Å². The summed E-state index contributed by atoms with van der Waals surface area (Å²) in [6, 6.07) is 78.1. The smallest absolute Gasteiger partial charge is 0.416 e. The Morgan fingerprint density at radius 3 is 0.855 bits per heavy atom. The minimum atomic E-state index is -5.05. The number of ketones is 2. The van der Waals surface area contributed by atoms with E-state index >= 15 is 0 Å². The second kappa shape index (κ2) is 25.9. The Morgan fingerprint density at radius 1 is 0.395 bits per heavy atom. The van der Waals surface area contributed by atoms with E-state index in [-0.39, 0.29) is 29.8 Å². The molecular weight excluding hydrogens is 1050 g/mol. The molecule has 16 heteroatoms. The number of hydrogen-bond donors (Lipinski definition) is 2. The fraction of sp³-hybridized carbons (Fsp3) is 0.0667. The predicted molar refractivity (Wildman–Crippen MR) is 299 cm³/mol. The fourth-order valence-electron chi connectivity index (χ4n) is 8.66. The molecule has 9 aromatic rings. The molecule has 0 spiro atoms. The van der Waals surface area contributed by atoms with Crippen LogP contribution in [-0.2, 0) is 12.4 Å². The van der Waals surface area contributed by atoms with Gasteiger partial charge < -0.3 is 14.7 Å². The van der Waals surface area contributed by atoms with Crippen LogP contribution in [0.5, 0.6) is 5.75 Å². The standard InChI is InChI=1S/2C26H21OPS.C8H3BF6O3/c2*27-25(24-18-10-11-19-26(24)29)20-28(21-12-4-1-5-13-21,22-14-6-2-7-15-22)23-16-8-3-9-17-23;10-7(11,12)4-1-5(8(13,14)15)3-6(2-4)18-9(16)17/h2*1-19H,20H2;1-3H/q;;-2/p+2. The van der Waals surface area contributed by atoms with E-state index < -0.39 is 51.1 Å². The monoisotopic (exact) mass is 1100 g/mol. The van der Waals surface area contributed by atoms with Crippen molar-refractivity contribution in [1.29, 1.82) is 0 Å². The molecule has 5 nitrogen and oxygen atoms in total. The first-order valence-electron chi connectivity index (χ1n) is 23.4. The van der Waals surface area contributed by atoms with Gasteiger partial charge in [0, 0.05) is 20.9 Å². The Kier molecular flexibility index (Phi) is 19.4. The Hall–Kier alpha value is -6.76. The number of Topliss-reactive ketones (excluding diaryl/α,β-unsaturated/α-hetero) is 2. The minimum absolute atomic E-state index is 0.125. The molecule has 0 heterocycles. The summed E-state index contributed by atoms with van der Waals surface area (Å²) < 4.78 is 77.5. The molecule has 0 bridgehead atoms. The summed E-state index contributed by atoms with van der Waals surface area (Å²) in [6.07, 6.45) is -9.24. The maximum atomic E-state index is 13.6. The number of thiol groups is 2. The predicted octanol–water partition coefficient (Wildman–Crippen LogP) is 11.1. The summed E-state index contributed by atoms with van der Waals surface area (Å²) in [6.45, 7) is 0. The van der Waals surface area contributed by atoms with Crippen molar-refractivity contribution < 1.29 is 50.6 Å². The number of rotatable bonds is 14. The van der Waals surface area contributed by atoms with Crippen LogP contribution in [0.4, 0.5) is 26.3 Å². The molecule has 0 aliphatic rings. The van der Waals surface area contributed by atoms with Gasteiger partial charge in [0.05, 0.1) is 16.9 Å². The van der Waals surface area contributed by atoms with E-state index in [2.05, 4.69) is 176 Å². The maximum absolute atomic E-state index is 13.6. The van der Waals surface area contributed by atoms with Gasteiger partial charge >= 0.3 is 12.4 Å². The highest BCUT2D eigenvalue weighted by Crippen LogP contribution is 2.57. The van der Waals surface area contributed by atoms with Crippen LogP contribution in [0.2, 0.25) is 0 Å². The van der Waals surface area contributed by atoms with Gasteiger partial charge in [-0.15, -0.1) is 25.3 Å². The molecule has 0 saturated carbocycles. The average molecular weight is 1100 g/mol. The van der Waals surface area contributed by atoms with E-state index in [9.17, 15) is 46.0 Å². The first-order valence-corrected chi connectivity index (χ1v) is 28.3. The van der Waals surface area contributed by atoms with Crippen molar-refractivity contribution in [3.05, 3.63) is 271 Å². The van der Waals surface area contributed by atoms with Gasteiger partial charge in [0.25, 0.3) is 0 Å². The third kappa shape index (κ3) is 14.0. The summed E-state index contributed by atoms with van der Waals surface area (Å²) in [5.41, 5.74) is -1.95. The molecular formula is C60H47BF6O5P2S2. The summed E-state index contributed by atoms with van der Waals surface area (Å²) in [5, 5.41) is 27.4. The van der Waals surface area contributed by atoms with Crippen LogP contribution in [0.15, 0.2) is 259 Å². The van der Waals surface area contributed by atoms with Crippen LogP contribution >= 0.6 is 39.8 Å². The van der Waals surface area contributed by atoms with Gasteiger partial charge in [-0.25, -0.2) is 0 Å². The molecule has 0 aliphatic heterocycles. The van der Waals surface area contributed by atoms with Crippen molar-refractivity contribution in [2.24, 2.45) is 0 Å². The summed E-state index contributed by atoms with van der Waals surface area (Å²) in [4.78, 5) is 28.6. The molecule has 0 amide bonds. The van der Waals surface area contributed by atoms with Crippen LogP contribution in [0.25, 0.3) is 0 Å². The van der Waals surface area contributed by atoms with Gasteiger partial charge in [0.2, 0.25) is 11.6 Å². The number of benzene rings is 9. The first kappa shape index (κ1) is 57.0. The van der Waals surface area contributed by atoms with Crippen LogP contribution in [-0.4, -0.2) is 31.2 Å². The number of carbonyl (C=O) groups is 2. The topological polar surface area (TPSA) is 89.5 Å². The van der Waals surface area contributed by atoms with Crippen molar-refractivity contribution in [3.8, 4) is 5.75 Å². The van der Waals surface area contributed by atoms with Crippen LogP contribution in [0.1, 0.15) is 31.8 Å². The first-order chi connectivity index (χ1) is 36.4. The molecule has 0 aliphatic carbocycles. The van der Waals surface area contributed by atoms with Crippen molar-refractivity contribution in [2.75, 3.05) is 12.3 Å². The number of hydrogen-bond acceptors (Lipinski definition) is 7. The normalized spacial score (nSPS) is 11.5. The second-order valence-electron chi connectivity index (χ2n) is 17.0. The van der Waals surface area contributed by atoms with E-state index in [1.54, 1.807) is 0 Å². The number of carbonyl (C=O) groups excluding carboxylic acids is 2. The molecule has 0 aromatic heterocycles. The van der Waals surface area contributed by atoms with Crippen LogP contribution < -0.4 is 46.5 Å². The highest BCUT2D eigenvalue weighted by atomic mass is 32.1. The zero-order valence-corrected chi connectivity index (χ0v) is 43.8. The summed E-state index contributed by atoms with van der Waals surface area (Å²) in [5.74, 6) is -0.826. The van der Waals surface area contributed by atoms with Gasteiger partial charge in [-0.1, -0.05) is 146 Å². The van der Waals surface area contributed by atoms with Crippen molar-refractivity contribution in [3.63, 3.8) is 0 Å². The molecule has 0 atom stereocenters. The SMILES string of the molecule is O=C(C[P+](c1ccccc1)(c1ccccc1)c1ccccc1)c1ccccc1S.O=C(C[P+](c1ccccc1)(c1ccccc1)c1ccccc1)c1ccccc1S.[O-]B([O-])Oc1cc(C(F)(F)F)cc(C(F)(F)F)c1. The third-order valence-electron chi connectivity index (χ3n) is 12.1. The number of alkyl halides is 6. The zero-order chi connectivity index (χ0) is 54.4. The Labute approximate surface area is 450 Å². The summed E-state index contributed by atoms with van der Waals surface area (Å²) >= 11 is 9.08. The highest BCUT2D eigenvalue weighted by Gasteiger charge is 2.49. The van der Waals surface area contributed by atoms with Gasteiger partial charge in [-0.3, -0.25) is 9.59 Å². The zero-order valence-electron chi connectivity index (χ0n) is 40.3. The molecule has 76 heavy (non-hydrogen) atoms. The van der Waals surface area contributed by atoms with Gasteiger partial charge in [-0.2, -0.15) is 26.3 Å². The molecule has 0 saturated heterocycles. The molecule has 384 valence electrons. The van der Waals surface area contributed by atoms with Crippen molar-refractivity contribution in [1.82, 2.24) is 0 Å². The minimum Gasteiger partial charge on any atom is -0.860 e. The Bertz CT molecular complexity index is 2900. The molecule has 0 fully saturated rings. The van der Waals surface area contributed by atoms with Gasteiger partial charge in [0.15, 0.2) is 0 Å². The third-order valence-corrected chi connectivity index (χ3v) is 21.5. The Balaban J connectivity index is 0.000000171. The Morgan fingerprint density at radius 2 is 0.632 bits per heavy atom. The van der Waals surface area contributed by atoms with Crippen LogP contribution in [0, 0.1) is 0 Å². The quantitative estimate of drug-likeness (QED) is 0.0372. The second-order valence-corrected chi connectivity index (χ2v) is 24.9. The highest BCUT2D eigenvalue weighted by molar-refractivity contribution is 7.96. The van der Waals surface area contributed by atoms with Crippen LogP contribution in [0.3, 0.4) is 0 Å². The maximum Gasteiger partial charge on any atom is 0.416 e. The van der Waals surface area contributed by atoms with Gasteiger partial charge in [-0.05, 0) is 103 Å². The average Bonchev–Trinajstić information content (AvgIpc) is 3.43. The lowest BCUT2D eigenvalue weighted by Crippen LogP contribution is -2.50. The molecule has 9 rings (SSSR count). The fourth-order valence-corrected chi connectivity index (χ4v) is 17.4. The largest absolute Gasteiger partial charge is 0.860 e. The molecule has 0 N–H and O–H groups in total. The van der Waals surface area contributed by atoms with E-state index in [0.717, 1.165) is 9.79 Å². The lowest BCUT2D eigenvalue weighted by atomic mass is 10.1. The summed E-state index contributed by atoms with van der Waals surface area (Å²) in [7, 11) is -7.38. The van der Waals surface area contributed by atoms with Crippen molar-refractivity contribution >= 4 is 90.5 Å². The molecule has 0 unspecified atom stereocenters. The van der Waals surface area contributed by atoms with Gasteiger partial charge in [0.1, 0.15) is 66.0 Å². The van der Waals surface area contributed by atoms with E-state index in [0.29, 0.717) is 23.5 Å². The van der Waals surface area contributed by atoms with Crippen molar-refractivity contribution in [2.45, 2.75) is 22.1 Å². The van der Waals surface area contributed by atoms with E-state index in [4.69, 9.17) is 0 Å². The lowest BCUT2D eigenvalue weighted by Gasteiger charge is -2.27. The lowest BCUT2D eigenvalue weighted by molar-refractivity contribution is -0.372.